The van der Waals surface area contributed by atoms with E-state index in [1.807, 2.05) is 12.1 Å². The molecule has 0 bridgehead atoms. The molecular formula is C19H25NO5. The molecule has 2 fully saturated rings. The van der Waals surface area contributed by atoms with Crippen molar-refractivity contribution >= 4 is 11.9 Å². The van der Waals surface area contributed by atoms with E-state index in [9.17, 15) is 14.7 Å². The normalized spacial score (nSPS) is 29.0. The number of ether oxygens (including phenoxy) is 2. The van der Waals surface area contributed by atoms with E-state index in [0.29, 0.717) is 18.8 Å². The number of carbonyl (C=O) groups is 2. The minimum absolute atomic E-state index is 0.0675. The maximum absolute atomic E-state index is 13.0. The lowest BCUT2D eigenvalue weighted by molar-refractivity contribution is -0.164. The van der Waals surface area contributed by atoms with Gasteiger partial charge in [-0.15, -0.1) is 0 Å². The van der Waals surface area contributed by atoms with Gasteiger partial charge in [0, 0.05) is 0 Å². The first kappa shape index (κ1) is 17.7. The van der Waals surface area contributed by atoms with Crippen LogP contribution in [0.3, 0.4) is 0 Å². The van der Waals surface area contributed by atoms with Crippen LogP contribution in [0.25, 0.3) is 0 Å². The molecule has 3 rings (SSSR count). The van der Waals surface area contributed by atoms with Crippen molar-refractivity contribution in [1.29, 1.82) is 0 Å². The maximum Gasteiger partial charge on any atom is 0.328 e. The van der Waals surface area contributed by atoms with Crippen molar-refractivity contribution < 1.29 is 24.2 Å². The third-order valence-corrected chi connectivity index (χ3v) is 5.38. The van der Waals surface area contributed by atoms with E-state index in [1.165, 1.54) is 4.90 Å². The molecule has 1 heterocycles. The minimum Gasteiger partial charge on any atom is -0.497 e. The standard InChI is InChI=1S/C19H25NO5/c1-13-7-9-19(10-8-13)20(16(12-25-19)18(22)23)17(21)11-14-3-5-15(24-2)6-4-14/h3-6,13,16H,7-12H2,1-2H3,(H,22,23). The van der Waals surface area contributed by atoms with Crippen LogP contribution in [0, 0.1) is 5.92 Å². The zero-order valence-corrected chi connectivity index (χ0v) is 14.7. The number of rotatable bonds is 4. The number of carbonyl (C=O) groups excluding carboxylic acids is 1. The fraction of sp³-hybridized carbons (Fsp3) is 0.579. The van der Waals surface area contributed by atoms with Crippen molar-refractivity contribution in [2.75, 3.05) is 13.7 Å². The first-order valence-electron chi connectivity index (χ1n) is 8.77. The summed E-state index contributed by atoms with van der Waals surface area (Å²) in [6, 6.07) is 6.36. The van der Waals surface area contributed by atoms with Gasteiger partial charge in [-0.3, -0.25) is 9.69 Å². The molecule has 1 atom stereocenters. The lowest BCUT2D eigenvalue weighted by Crippen LogP contribution is -2.55. The number of amides is 1. The van der Waals surface area contributed by atoms with Crippen molar-refractivity contribution in [1.82, 2.24) is 4.90 Å². The van der Waals surface area contributed by atoms with Crippen LogP contribution in [0.5, 0.6) is 5.75 Å². The van der Waals surface area contributed by atoms with E-state index in [2.05, 4.69) is 6.92 Å². The van der Waals surface area contributed by atoms with Crippen LogP contribution in [-0.4, -0.2) is 47.4 Å². The predicted octanol–water partition coefficient (Wildman–Crippen LogP) is 2.46. The molecule has 1 aliphatic heterocycles. The summed E-state index contributed by atoms with van der Waals surface area (Å²) < 4.78 is 11.0. The van der Waals surface area contributed by atoms with E-state index >= 15 is 0 Å². The highest BCUT2D eigenvalue weighted by Gasteiger charge is 2.53. The SMILES string of the molecule is COc1ccc(CC(=O)N2C(C(=O)O)COC23CCC(C)CC3)cc1. The molecule has 25 heavy (non-hydrogen) atoms. The van der Waals surface area contributed by atoms with Gasteiger partial charge in [0.05, 0.1) is 20.1 Å². The number of hydrogen-bond donors (Lipinski definition) is 1. The van der Waals surface area contributed by atoms with Crippen LogP contribution in [0.4, 0.5) is 0 Å². The summed E-state index contributed by atoms with van der Waals surface area (Å²) in [5, 5.41) is 9.54. The zero-order chi connectivity index (χ0) is 18.0. The van der Waals surface area contributed by atoms with Gasteiger partial charge in [-0.05, 0) is 49.3 Å². The molecule has 136 valence electrons. The summed E-state index contributed by atoms with van der Waals surface area (Å²) in [5.41, 5.74) is 0.0835. The Balaban J connectivity index is 1.81. The average molecular weight is 347 g/mol. The molecule has 2 aliphatic rings. The molecule has 1 aliphatic carbocycles. The van der Waals surface area contributed by atoms with Crippen molar-refractivity contribution in [3.05, 3.63) is 29.8 Å². The molecule has 1 N–H and O–H groups in total. The fourth-order valence-corrected chi connectivity index (χ4v) is 3.85. The van der Waals surface area contributed by atoms with E-state index in [0.717, 1.165) is 24.2 Å². The summed E-state index contributed by atoms with van der Waals surface area (Å²) in [6.45, 7) is 2.25. The number of aliphatic carboxylic acids is 1. The highest BCUT2D eigenvalue weighted by atomic mass is 16.5. The van der Waals surface area contributed by atoms with Gasteiger partial charge < -0.3 is 14.6 Å². The van der Waals surface area contributed by atoms with Gasteiger partial charge in [0.1, 0.15) is 11.5 Å². The third-order valence-electron chi connectivity index (χ3n) is 5.38. The summed E-state index contributed by atoms with van der Waals surface area (Å²) in [7, 11) is 1.59. The second-order valence-electron chi connectivity index (χ2n) is 7.08. The predicted molar refractivity (Wildman–Crippen MR) is 91.3 cm³/mol. The van der Waals surface area contributed by atoms with Gasteiger partial charge in [-0.2, -0.15) is 0 Å². The summed E-state index contributed by atoms with van der Waals surface area (Å²) >= 11 is 0. The molecule has 6 heteroatoms. The molecule has 0 aromatic heterocycles. The molecule has 1 aromatic rings. The second kappa shape index (κ2) is 7.04. The quantitative estimate of drug-likeness (QED) is 0.905. The Labute approximate surface area is 147 Å². The zero-order valence-electron chi connectivity index (χ0n) is 14.7. The number of carboxylic acid groups (broad SMARTS) is 1. The van der Waals surface area contributed by atoms with E-state index in [-0.39, 0.29) is 18.9 Å². The number of benzene rings is 1. The molecular weight excluding hydrogens is 322 g/mol. The van der Waals surface area contributed by atoms with Crippen LogP contribution >= 0.6 is 0 Å². The van der Waals surface area contributed by atoms with Crippen LogP contribution in [0.1, 0.15) is 38.2 Å². The van der Waals surface area contributed by atoms with Gasteiger partial charge in [0.15, 0.2) is 6.04 Å². The third kappa shape index (κ3) is 3.49. The minimum atomic E-state index is -1.00. The smallest absolute Gasteiger partial charge is 0.328 e. The highest BCUT2D eigenvalue weighted by molar-refractivity contribution is 5.86. The molecule has 1 spiro atoms. The van der Waals surface area contributed by atoms with Gasteiger partial charge in [-0.25, -0.2) is 4.79 Å². The number of carboxylic acids is 1. The van der Waals surface area contributed by atoms with Crippen LogP contribution in [-0.2, 0) is 20.7 Å². The first-order valence-corrected chi connectivity index (χ1v) is 8.77. The van der Waals surface area contributed by atoms with Gasteiger partial charge in [0.2, 0.25) is 5.91 Å². The average Bonchev–Trinajstić information content (AvgIpc) is 2.98. The topological polar surface area (TPSA) is 76.1 Å². The lowest BCUT2D eigenvalue weighted by Gasteiger charge is -2.42. The lowest BCUT2D eigenvalue weighted by atomic mass is 9.83. The van der Waals surface area contributed by atoms with E-state index < -0.39 is 17.7 Å². The largest absolute Gasteiger partial charge is 0.497 e. The Morgan fingerprint density at radius 2 is 1.92 bits per heavy atom. The summed E-state index contributed by atoms with van der Waals surface area (Å²) in [6.07, 6.45) is 3.45. The van der Waals surface area contributed by atoms with E-state index in [4.69, 9.17) is 9.47 Å². The number of nitrogens with zero attached hydrogens (tertiary/aromatic N) is 1. The highest BCUT2D eigenvalue weighted by Crippen LogP contribution is 2.42. The fourth-order valence-electron chi connectivity index (χ4n) is 3.85. The van der Waals surface area contributed by atoms with Crippen molar-refractivity contribution in [3.63, 3.8) is 0 Å². The summed E-state index contributed by atoms with van der Waals surface area (Å²) in [5.74, 6) is 0.113. The monoisotopic (exact) mass is 347 g/mol. The maximum atomic E-state index is 13.0. The Hall–Kier alpha value is -2.08. The number of methoxy groups -OCH3 is 1. The van der Waals surface area contributed by atoms with Crippen LogP contribution in [0.2, 0.25) is 0 Å². The molecule has 1 unspecified atom stereocenters. The van der Waals surface area contributed by atoms with Crippen molar-refractivity contribution in [2.45, 2.75) is 50.8 Å². The van der Waals surface area contributed by atoms with Crippen molar-refractivity contribution in [2.24, 2.45) is 5.92 Å². The van der Waals surface area contributed by atoms with Gasteiger partial charge >= 0.3 is 5.97 Å². The molecule has 1 aromatic carbocycles. The Bertz CT molecular complexity index is 634. The number of hydrogen-bond acceptors (Lipinski definition) is 4. The van der Waals surface area contributed by atoms with E-state index in [1.54, 1.807) is 19.2 Å². The van der Waals surface area contributed by atoms with Gasteiger partial charge in [0.25, 0.3) is 0 Å². The molecule has 1 saturated carbocycles. The molecule has 0 radical (unpaired) electrons. The molecule has 1 amide bonds. The Morgan fingerprint density at radius 1 is 1.28 bits per heavy atom. The second-order valence-corrected chi connectivity index (χ2v) is 7.08. The molecule has 6 nitrogen and oxygen atoms in total. The summed E-state index contributed by atoms with van der Waals surface area (Å²) in [4.78, 5) is 26.1. The Morgan fingerprint density at radius 3 is 2.48 bits per heavy atom. The molecule has 1 saturated heterocycles. The van der Waals surface area contributed by atoms with Crippen LogP contribution < -0.4 is 4.74 Å². The van der Waals surface area contributed by atoms with Crippen molar-refractivity contribution in [3.8, 4) is 5.75 Å². The van der Waals surface area contributed by atoms with Gasteiger partial charge in [-0.1, -0.05) is 19.1 Å². The Kier molecular flexibility index (Phi) is 4.99. The van der Waals surface area contributed by atoms with Crippen LogP contribution in [0.15, 0.2) is 24.3 Å². The first-order chi connectivity index (χ1) is 11.9.